The zero-order chi connectivity index (χ0) is 12.3. The van der Waals surface area contributed by atoms with E-state index < -0.39 is 0 Å². The summed E-state index contributed by atoms with van der Waals surface area (Å²) in [5.41, 5.74) is 0. The van der Waals surface area contributed by atoms with Crippen molar-refractivity contribution in [1.29, 1.82) is 5.26 Å². The molecule has 1 aromatic heterocycles. The molecule has 3 nitrogen and oxygen atoms in total. The Balaban J connectivity index is 2.15. The zero-order valence-electron chi connectivity index (χ0n) is 9.36. The van der Waals surface area contributed by atoms with E-state index in [0.29, 0.717) is 9.21 Å². The van der Waals surface area contributed by atoms with Gasteiger partial charge in [-0.1, -0.05) is 24.4 Å². The van der Waals surface area contributed by atoms with Gasteiger partial charge in [-0.05, 0) is 25.0 Å². The van der Waals surface area contributed by atoms with E-state index in [9.17, 15) is 4.79 Å². The third-order valence-corrected chi connectivity index (χ3v) is 4.27. The molecule has 1 fully saturated rings. The highest BCUT2D eigenvalue weighted by Crippen LogP contribution is 2.27. The number of hydrogen-bond acceptors (Lipinski definition) is 3. The lowest BCUT2D eigenvalue weighted by atomic mass is 10.2. The highest BCUT2D eigenvalue weighted by atomic mass is 35.5. The summed E-state index contributed by atoms with van der Waals surface area (Å²) in [6.45, 7) is 0.166. The molecule has 0 spiro atoms. The standard InChI is InChI=1S/C12H13ClN2OS/c13-11-6-5-10(17-11)12(16)15(8-7-14)9-3-1-2-4-9/h5-6,9H,1-4,8H2. The van der Waals surface area contributed by atoms with Crippen LogP contribution in [0.2, 0.25) is 4.34 Å². The van der Waals surface area contributed by atoms with Crippen LogP contribution in [0.1, 0.15) is 35.4 Å². The van der Waals surface area contributed by atoms with Gasteiger partial charge in [0.25, 0.3) is 5.91 Å². The molecule has 0 saturated heterocycles. The monoisotopic (exact) mass is 268 g/mol. The molecule has 17 heavy (non-hydrogen) atoms. The van der Waals surface area contributed by atoms with E-state index in [1.807, 2.05) is 0 Å². The lowest BCUT2D eigenvalue weighted by molar-refractivity contribution is 0.0714. The average Bonchev–Trinajstić information content (AvgIpc) is 2.95. The van der Waals surface area contributed by atoms with Crippen LogP contribution in [-0.4, -0.2) is 23.4 Å². The van der Waals surface area contributed by atoms with Gasteiger partial charge in [0.05, 0.1) is 15.3 Å². The molecule has 90 valence electrons. The summed E-state index contributed by atoms with van der Waals surface area (Å²) in [4.78, 5) is 14.6. The quantitative estimate of drug-likeness (QED) is 0.790. The van der Waals surface area contributed by atoms with Gasteiger partial charge in [0.2, 0.25) is 0 Å². The van der Waals surface area contributed by atoms with Crippen molar-refractivity contribution in [3.05, 3.63) is 21.3 Å². The first-order chi connectivity index (χ1) is 8.22. The molecule has 0 aromatic carbocycles. The third kappa shape index (κ3) is 2.80. The van der Waals surface area contributed by atoms with E-state index in [1.165, 1.54) is 11.3 Å². The molecule has 0 N–H and O–H groups in total. The number of halogens is 1. The SMILES string of the molecule is N#CCN(C(=O)c1ccc(Cl)s1)C1CCCC1. The van der Waals surface area contributed by atoms with Gasteiger partial charge < -0.3 is 4.90 Å². The molecule has 1 amide bonds. The fourth-order valence-corrected chi connectivity index (χ4v) is 3.23. The molecular formula is C12H13ClN2OS. The molecular weight excluding hydrogens is 256 g/mol. The Morgan fingerprint density at radius 3 is 2.76 bits per heavy atom. The van der Waals surface area contributed by atoms with Gasteiger partial charge in [-0.25, -0.2) is 0 Å². The average molecular weight is 269 g/mol. The van der Waals surface area contributed by atoms with Gasteiger partial charge >= 0.3 is 0 Å². The van der Waals surface area contributed by atoms with E-state index in [4.69, 9.17) is 16.9 Å². The minimum absolute atomic E-state index is 0.0599. The van der Waals surface area contributed by atoms with Gasteiger partial charge in [0, 0.05) is 6.04 Å². The lowest BCUT2D eigenvalue weighted by Crippen LogP contribution is -2.38. The van der Waals surface area contributed by atoms with Crippen LogP contribution in [0.3, 0.4) is 0 Å². The van der Waals surface area contributed by atoms with Crippen LogP contribution in [0.5, 0.6) is 0 Å². The number of amides is 1. The van der Waals surface area contributed by atoms with Crippen molar-refractivity contribution in [2.45, 2.75) is 31.7 Å². The Kier molecular flexibility index (Phi) is 4.03. The Morgan fingerprint density at radius 1 is 1.53 bits per heavy atom. The molecule has 0 radical (unpaired) electrons. The highest BCUT2D eigenvalue weighted by Gasteiger charge is 2.27. The predicted molar refractivity (Wildman–Crippen MR) is 68.2 cm³/mol. The predicted octanol–water partition coefficient (Wildman–Crippen LogP) is 3.31. The first kappa shape index (κ1) is 12.4. The lowest BCUT2D eigenvalue weighted by Gasteiger charge is -2.25. The molecule has 0 atom stereocenters. The maximum atomic E-state index is 12.3. The van der Waals surface area contributed by atoms with Crippen molar-refractivity contribution in [3.63, 3.8) is 0 Å². The van der Waals surface area contributed by atoms with Crippen LogP contribution in [-0.2, 0) is 0 Å². The van der Waals surface area contributed by atoms with Crippen molar-refractivity contribution >= 4 is 28.8 Å². The van der Waals surface area contributed by atoms with Crippen molar-refractivity contribution in [3.8, 4) is 6.07 Å². The Bertz CT molecular complexity index is 446. The summed E-state index contributed by atoms with van der Waals surface area (Å²) in [6, 6.07) is 5.76. The van der Waals surface area contributed by atoms with Crippen molar-refractivity contribution in [2.75, 3.05) is 6.54 Å². The Hall–Kier alpha value is -1.05. The van der Waals surface area contributed by atoms with Crippen LogP contribution in [0, 0.1) is 11.3 Å². The molecule has 0 aliphatic heterocycles. The molecule has 1 aliphatic carbocycles. The van der Waals surface area contributed by atoms with E-state index in [0.717, 1.165) is 25.7 Å². The first-order valence-electron chi connectivity index (χ1n) is 5.65. The summed E-state index contributed by atoms with van der Waals surface area (Å²) >= 11 is 7.10. The summed E-state index contributed by atoms with van der Waals surface area (Å²) in [6.07, 6.45) is 4.30. The van der Waals surface area contributed by atoms with Crippen molar-refractivity contribution < 1.29 is 4.79 Å². The number of carbonyl (C=O) groups excluding carboxylic acids is 1. The smallest absolute Gasteiger partial charge is 0.265 e. The fraction of sp³-hybridized carbons (Fsp3) is 0.500. The summed E-state index contributed by atoms with van der Waals surface area (Å²) in [5, 5.41) is 8.83. The number of nitriles is 1. The van der Waals surface area contributed by atoms with E-state index >= 15 is 0 Å². The topological polar surface area (TPSA) is 44.1 Å². The molecule has 1 aliphatic rings. The maximum Gasteiger partial charge on any atom is 0.265 e. The van der Waals surface area contributed by atoms with E-state index in [-0.39, 0.29) is 18.5 Å². The van der Waals surface area contributed by atoms with Gasteiger partial charge in [-0.2, -0.15) is 5.26 Å². The summed E-state index contributed by atoms with van der Waals surface area (Å²) in [5.74, 6) is -0.0599. The number of rotatable bonds is 3. The molecule has 1 aromatic rings. The van der Waals surface area contributed by atoms with Gasteiger partial charge in [-0.3, -0.25) is 4.79 Å². The molecule has 2 rings (SSSR count). The van der Waals surface area contributed by atoms with Crippen LogP contribution < -0.4 is 0 Å². The largest absolute Gasteiger partial charge is 0.322 e. The molecule has 0 bridgehead atoms. The van der Waals surface area contributed by atoms with Crippen LogP contribution in [0.15, 0.2) is 12.1 Å². The first-order valence-corrected chi connectivity index (χ1v) is 6.85. The van der Waals surface area contributed by atoms with E-state index in [1.54, 1.807) is 17.0 Å². The minimum atomic E-state index is -0.0599. The zero-order valence-corrected chi connectivity index (χ0v) is 10.9. The van der Waals surface area contributed by atoms with Crippen LogP contribution >= 0.6 is 22.9 Å². The Labute approximate surface area is 110 Å². The molecule has 0 unspecified atom stereocenters. The number of hydrogen-bond donors (Lipinski definition) is 0. The molecule has 1 saturated carbocycles. The number of nitrogens with zero attached hydrogens (tertiary/aromatic N) is 2. The molecule has 5 heteroatoms. The van der Waals surface area contributed by atoms with Crippen molar-refractivity contribution in [2.24, 2.45) is 0 Å². The van der Waals surface area contributed by atoms with Gasteiger partial charge in [0.1, 0.15) is 6.54 Å². The second-order valence-electron chi connectivity index (χ2n) is 4.13. The summed E-state index contributed by atoms with van der Waals surface area (Å²) < 4.78 is 0.608. The maximum absolute atomic E-state index is 12.3. The number of thiophene rings is 1. The van der Waals surface area contributed by atoms with Gasteiger partial charge in [0.15, 0.2) is 0 Å². The van der Waals surface area contributed by atoms with Crippen LogP contribution in [0.25, 0.3) is 0 Å². The second-order valence-corrected chi connectivity index (χ2v) is 5.85. The van der Waals surface area contributed by atoms with E-state index in [2.05, 4.69) is 6.07 Å². The summed E-state index contributed by atoms with van der Waals surface area (Å²) in [7, 11) is 0. The van der Waals surface area contributed by atoms with Crippen LogP contribution in [0.4, 0.5) is 0 Å². The molecule has 1 heterocycles. The third-order valence-electron chi connectivity index (χ3n) is 3.05. The number of carbonyl (C=O) groups is 1. The highest BCUT2D eigenvalue weighted by molar-refractivity contribution is 7.17. The second kappa shape index (κ2) is 5.52. The minimum Gasteiger partial charge on any atom is -0.322 e. The fourth-order valence-electron chi connectivity index (χ4n) is 2.23. The Morgan fingerprint density at radius 2 is 2.24 bits per heavy atom. The van der Waals surface area contributed by atoms with Gasteiger partial charge in [-0.15, -0.1) is 11.3 Å². The normalized spacial score (nSPS) is 15.8. The van der Waals surface area contributed by atoms with Crippen molar-refractivity contribution in [1.82, 2.24) is 4.90 Å².